The van der Waals surface area contributed by atoms with Gasteiger partial charge in [-0.2, -0.15) is 0 Å². The zero-order valence-corrected chi connectivity index (χ0v) is 11.1. The van der Waals surface area contributed by atoms with E-state index in [4.69, 9.17) is 5.11 Å². The summed E-state index contributed by atoms with van der Waals surface area (Å²) in [7, 11) is 1.75. The molecule has 0 aliphatic heterocycles. The molecule has 21 heavy (non-hydrogen) atoms. The SMILES string of the molecule is Cn1cnnc1CNC(=O)Nc1ccc(C(=O)O)c(O)c1. The second kappa shape index (κ2) is 5.90. The topological polar surface area (TPSA) is 129 Å². The molecule has 9 heteroatoms. The number of amides is 2. The maximum Gasteiger partial charge on any atom is 0.339 e. The number of aromatic carboxylic acids is 1. The minimum absolute atomic E-state index is 0.182. The van der Waals surface area contributed by atoms with Crippen LogP contribution in [0.2, 0.25) is 0 Å². The predicted octanol–water partition coefficient (Wildman–Crippen LogP) is 0.541. The number of urea groups is 1. The van der Waals surface area contributed by atoms with Crippen LogP contribution in [0.5, 0.6) is 5.75 Å². The maximum absolute atomic E-state index is 11.7. The van der Waals surface area contributed by atoms with E-state index in [1.165, 1.54) is 18.5 Å². The Morgan fingerprint density at radius 2 is 2.14 bits per heavy atom. The van der Waals surface area contributed by atoms with Crippen LogP contribution in [-0.4, -0.2) is 37.0 Å². The Hall–Kier alpha value is -3.10. The Morgan fingerprint density at radius 3 is 2.71 bits per heavy atom. The van der Waals surface area contributed by atoms with Gasteiger partial charge in [0.2, 0.25) is 0 Å². The number of nitrogens with zero attached hydrogens (tertiary/aromatic N) is 3. The Morgan fingerprint density at radius 1 is 1.38 bits per heavy atom. The van der Waals surface area contributed by atoms with E-state index in [1.54, 1.807) is 11.6 Å². The van der Waals surface area contributed by atoms with Gasteiger partial charge in [0, 0.05) is 18.8 Å². The third-order valence-electron chi connectivity index (χ3n) is 2.70. The van der Waals surface area contributed by atoms with Gasteiger partial charge in [-0.3, -0.25) is 0 Å². The second-order valence-corrected chi connectivity index (χ2v) is 4.20. The number of hydrogen-bond acceptors (Lipinski definition) is 5. The van der Waals surface area contributed by atoms with E-state index >= 15 is 0 Å². The zero-order valence-electron chi connectivity index (χ0n) is 11.1. The summed E-state index contributed by atoms with van der Waals surface area (Å²) in [5, 5.41) is 30.8. The van der Waals surface area contributed by atoms with E-state index in [1.807, 2.05) is 0 Å². The lowest BCUT2D eigenvalue weighted by Crippen LogP contribution is -2.29. The summed E-state index contributed by atoms with van der Waals surface area (Å²) < 4.78 is 1.66. The van der Waals surface area contributed by atoms with Crippen molar-refractivity contribution in [2.75, 3.05) is 5.32 Å². The number of rotatable bonds is 4. The van der Waals surface area contributed by atoms with Gasteiger partial charge in [0.15, 0.2) is 5.82 Å². The van der Waals surface area contributed by atoms with Crippen LogP contribution in [0, 0.1) is 0 Å². The number of aromatic nitrogens is 3. The number of hydrogen-bond donors (Lipinski definition) is 4. The molecular weight excluding hydrogens is 278 g/mol. The fourth-order valence-electron chi connectivity index (χ4n) is 1.59. The number of benzene rings is 1. The normalized spacial score (nSPS) is 10.1. The third kappa shape index (κ3) is 3.47. The average Bonchev–Trinajstić information content (AvgIpc) is 2.81. The molecule has 0 aliphatic rings. The highest BCUT2D eigenvalue weighted by atomic mass is 16.4. The van der Waals surface area contributed by atoms with Crippen molar-refractivity contribution in [2.24, 2.45) is 7.05 Å². The number of anilines is 1. The lowest BCUT2D eigenvalue weighted by Gasteiger charge is -2.08. The first-order valence-electron chi connectivity index (χ1n) is 5.91. The molecule has 4 N–H and O–H groups in total. The monoisotopic (exact) mass is 291 g/mol. The van der Waals surface area contributed by atoms with Crippen molar-refractivity contribution >= 4 is 17.7 Å². The molecule has 2 rings (SSSR count). The highest BCUT2D eigenvalue weighted by molar-refractivity contribution is 5.93. The molecule has 0 aliphatic carbocycles. The van der Waals surface area contributed by atoms with Crippen LogP contribution in [0.4, 0.5) is 10.5 Å². The Balaban J connectivity index is 1.95. The minimum Gasteiger partial charge on any atom is -0.507 e. The predicted molar refractivity (Wildman–Crippen MR) is 71.9 cm³/mol. The van der Waals surface area contributed by atoms with E-state index < -0.39 is 17.7 Å². The molecular formula is C12H13N5O4. The van der Waals surface area contributed by atoms with Gasteiger partial charge >= 0.3 is 12.0 Å². The Labute approximate surface area is 119 Å². The number of aryl methyl sites for hydroxylation is 1. The van der Waals surface area contributed by atoms with Crippen molar-refractivity contribution in [3.8, 4) is 5.75 Å². The molecule has 2 amide bonds. The highest BCUT2D eigenvalue weighted by Crippen LogP contribution is 2.21. The molecule has 0 atom stereocenters. The quantitative estimate of drug-likeness (QED) is 0.650. The molecule has 0 saturated heterocycles. The number of carbonyl (C=O) groups excluding carboxylic acids is 1. The molecule has 1 aromatic carbocycles. The van der Waals surface area contributed by atoms with Crippen LogP contribution in [0.1, 0.15) is 16.2 Å². The highest BCUT2D eigenvalue weighted by Gasteiger charge is 2.11. The number of carbonyl (C=O) groups is 2. The van der Waals surface area contributed by atoms with Gasteiger partial charge in [0.1, 0.15) is 17.6 Å². The number of aromatic hydroxyl groups is 1. The molecule has 2 aromatic rings. The molecule has 0 radical (unpaired) electrons. The molecule has 0 bridgehead atoms. The molecule has 0 saturated carbocycles. The van der Waals surface area contributed by atoms with E-state index in [0.717, 1.165) is 6.07 Å². The van der Waals surface area contributed by atoms with Crippen LogP contribution in [0.3, 0.4) is 0 Å². The van der Waals surface area contributed by atoms with Gasteiger partial charge in [-0.05, 0) is 12.1 Å². The fourth-order valence-corrected chi connectivity index (χ4v) is 1.59. The Bertz CT molecular complexity index is 682. The minimum atomic E-state index is -1.24. The van der Waals surface area contributed by atoms with Crippen LogP contribution >= 0.6 is 0 Å². The van der Waals surface area contributed by atoms with Crippen molar-refractivity contribution in [3.05, 3.63) is 35.9 Å². The first-order chi connectivity index (χ1) is 9.97. The van der Waals surface area contributed by atoms with Gasteiger partial charge in [0.05, 0.1) is 6.54 Å². The van der Waals surface area contributed by atoms with Crippen molar-refractivity contribution in [3.63, 3.8) is 0 Å². The van der Waals surface area contributed by atoms with Crippen molar-refractivity contribution < 1.29 is 19.8 Å². The number of carboxylic acid groups (broad SMARTS) is 1. The smallest absolute Gasteiger partial charge is 0.339 e. The summed E-state index contributed by atoms with van der Waals surface area (Å²) in [4.78, 5) is 22.4. The zero-order chi connectivity index (χ0) is 15.4. The third-order valence-corrected chi connectivity index (χ3v) is 2.70. The lowest BCUT2D eigenvalue weighted by molar-refractivity contribution is 0.0694. The summed E-state index contributed by atoms with van der Waals surface area (Å²) in [6, 6.07) is 3.23. The summed E-state index contributed by atoms with van der Waals surface area (Å²) in [6.07, 6.45) is 1.51. The second-order valence-electron chi connectivity index (χ2n) is 4.20. The first-order valence-corrected chi connectivity index (χ1v) is 5.91. The van der Waals surface area contributed by atoms with Gasteiger partial charge in [-0.15, -0.1) is 10.2 Å². The molecule has 9 nitrogen and oxygen atoms in total. The van der Waals surface area contributed by atoms with E-state index in [2.05, 4.69) is 20.8 Å². The molecule has 110 valence electrons. The largest absolute Gasteiger partial charge is 0.507 e. The average molecular weight is 291 g/mol. The van der Waals surface area contributed by atoms with Crippen LogP contribution in [0.15, 0.2) is 24.5 Å². The first kappa shape index (κ1) is 14.3. The maximum atomic E-state index is 11.7. The van der Waals surface area contributed by atoms with Gasteiger partial charge in [0.25, 0.3) is 0 Å². The Kier molecular flexibility index (Phi) is 4.02. The molecule has 1 heterocycles. The lowest BCUT2D eigenvalue weighted by atomic mass is 10.2. The van der Waals surface area contributed by atoms with Crippen LogP contribution in [0.25, 0.3) is 0 Å². The van der Waals surface area contributed by atoms with Gasteiger partial charge < -0.3 is 25.4 Å². The summed E-state index contributed by atoms with van der Waals surface area (Å²) in [6.45, 7) is 0.182. The van der Waals surface area contributed by atoms with Gasteiger partial charge in [-0.25, -0.2) is 9.59 Å². The number of carboxylic acids is 1. The fraction of sp³-hybridized carbons (Fsp3) is 0.167. The standard InChI is InChI=1S/C12H13N5O4/c1-17-6-14-16-10(17)5-13-12(21)15-7-2-3-8(11(19)20)9(18)4-7/h2-4,6,18H,5H2,1H3,(H,19,20)(H2,13,15,21). The van der Waals surface area contributed by atoms with Crippen LogP contribution < -0.4 is 10.6 Å². The summed E-state index contributed by atoms with van der Waals surface area (Å²) >= 11 is 0. The molecule has 0 spiro atoms. The van der Waals surface area contributed by atoms with Crippen LogP contribution in [-0.2, 0) is 13.6 Å². The van der Waals surface area contributed by atoms with E-state index in [9.17, 15) is 14.7 Å². The van der Waals surface area contributed by atoms with E-state index in [-0.39, 0.29) is 17.8 Å². The number of phenols is 1. The molecule has 1 aromatic heterocycles. The summed E-state index contributed by atoms with van der Waals surface area (Å²) in [5.74, 6) is -1.09. The van der Waals surface area contributed by atoms with Crippen molar-refractivity contribution in [1.82, 2.24) is 20.1 Å². The molecule has 0 fully saturated rings. The number of nitrogens with one attached hydrogen (secondary N) is 2. The van der Waals surface area contributed by atoms with E-state index in [0.29, 0.717) is 5.82 Å². The summed E-state index contributed by atoms with van der Waals surface area (Å²) in [5.41, 5.74) is 0.0352. The van der Waals surface area contributed by atoms with Crippen molar-refractivity contribution in [1.29, 1.82) is 0 Å². The van der Waals surface area contributed by atoms with Gasteiger partial charge in [-0.1, -0.05) is 0 Å². The van der Waals surface area contributed by atoms with Crippen molar-refractivity contribution in [2.45, 2.75) is 6.54 Å². The molecule has 0 unspecified atom stereocenters.